The van der Waals surface area contributed by atoms with Gasteiger partial charge >= 0.3 is 0 Å². The van der Waals surface area contributed by atoms with Crippen LogP contribution in [-0.2, 0) is 6.54 Å². The number of fused-ring (bicyclic) bond motifs is 1. The molecule has 0 amide bonds. The van der Waals surface area contributed by atoms with Crippen molar-refractivity contribution in [3.63, 3.8) is 0 Å². The molecule has 0 saturated carbocycles. The molecule has 0 radical (unpaired) electrons. The van der Waals surface area contributed by atoms with E-state index >= 15 is 0 Å². The Hall–Kier alpha value is -2.76. The summed E-state index contributed by atoms with van der Waals surface area (Å²) in [7, 11) is 0. The number of benzene rings is 1. The number of hydrogen-bond acceptors (Lipinski definition) is 5. The van der Waals surface area contributed by atoms with Crippen LogP contribution in [0.1, 0.15) is 17.3 Å². The second-order valence-corrected chi connectivity index (χ2v) is 4.37. The number of aromatic nitrogens is 4. The first-order valence-electron chi connectivity index (χ1n) is 6.22. The maximum absolute atomic E-state index is 11.5. The lowest BCUT2D eigenvalue weighted by Crippen LogP contribution is -2.06. The van der Waals surface area contributed by atoms with E-state index in [4.69, 9.17) is 0 Å². The Morgan fingerprint density at radius 1 is 1.20 bits per heavy atom. The molecule has 0 aliphatic carbocycles. The molecule has 20 heavy (non-hydrogen) atoms. The fourth-order valence-corrected chi connectivity index (χ4v) is 1.98. The molecule has 0 aliphatic heterocycles. The van der Waals surface area contributed by atoms with Crippen LogP contribution in [-0.4, -0.2) is 25.4 Å². The molecular weight excluding hydrogens is 254 g/mol. The molecule has 0 unspecified atom stereocenters. The lowest BCUT2D eigenvalue weighted by atomic mass is 10.2. The summed E-state index contributed by atoms with van der Waals surface area (Å²) in [4.78, 5) is 24.0. The Kier molecular flexibility index (Phi) is 3.12. The zero-order valence-electron chi connectivity index (χ0n) is 10.9. The van der Waals surface area contributed by atoms with Crippen LogP contribution in [0.2, 0.25) is 0 Å². The van der Waals surface area contributed by atoms with Gasteiger partial charge in [-0.2, -0.15) is 0 Å². The topological polar surface area (TPSA) is 72.7 Å². The summed E-state index contributed by atoms with van der Waals surface area (Å²) < 4.78 is 1.41. The second-order valence-electron chi connectivity index (χ2n) is 4.37. The van der Waals surface area contributed by atoms with Gasteiger partial charge in [-0.25, -0.2) is 15.0 Å². The molecule has 0 saturated heterocycles. The maximum Gasteiger partial charge on any atom is 0.230 e. The van der Waals surface area contributed by atoms with Crippen LogP contribution in [0, 0.1) is 0 Å². The first kappa shape index (κ1) is 12.3. The largest absolute Gasteiger partial charge is 0.364 e. The van der Waals surface area contributed by atoms with Crippen LogP contribution in [0.15, 0.2) is 43.0 Å². The molecule has 100 valence electrons. The van der Waals surface area contributed by atoms with Crippen molar-refractivity contribution >= 4 is 22.9 Å². The maximum atomic E-state index is 11.5. The summed E-state index contributed by atoms with van der Waals surface area (Å²) in [6.07, 6.45) is 2.89. The summed E-state index contributed by atoms with van der Waals surface area (Å²) in [6, 6.07) is 9.99. The lowest BCUT2D eigenvalue weighted by molar-refractivity contribution is 0.0940. The van der Waals surface area contributed by atoms with Crippen molar-refractivity contribution in [2.45, 2.75) is 13.5 Å². The van der Waals surface area contributed by atoms with E-state index in [1.54, 1.807) is 0 Å². The highest BCUT2D eigenvalue weighted by Gasteiger charge is 2.11. The molecule has 0 spiro atoms. The Labute approximate surface area is 115 Å². The first-order chi connectivity index (χ1) is 9.75. The van der Waals surface area contributed by atoms with E-state index in [1.165, 1.54) is 24.1 Å². The molecule has 0 aliphatic rings. The minimum Gasteiger partial charge on any atom is -0.364 e. The zero-order valence-corrected chi connectivity index (χ0v) is 10.9. The van der Waals surface area contributed by atoms with Gasteiger partial charge in [0.1, 0.15) is 12.7 Å². The van der Waals surface area contributed by atoms with Gasteiger partial charge in [0, 0.05) is 13.5 Å². The van der Waals surface area contributed by atoms with E-state index in [1.807, 2.05) is 30.3 Å². The minimum atomic E-state index is -0.125. The number of imidazole rings is 1. The van der Waals surface area contributed by atoms with E-state index in [9.17, 15) is 4.79 Å². The van der Waals surface area contributed by atoms with Crippen molar-refractivity contribution in [1.82, 2.24) is 19.5 Å². The number of nitrogens with one attached hydrogen (secondary N) is 1. The van der Waals surface area contributed by atoms with E-state index < -0.39 is 0 Å². The number of anilines is 1. The highest BCUT2D eigenvalue weighted by atomic mass is 16.1. The molecule has 6 heteroatoms. The van der Waals surface area contributed by atoms with Crippen LogP contribution >= 0.6 is 0 Å². The fourth-order valence-electron chi connectivity index (χ4n) is 1.98. The van der Waals surface area contributed by atoms with Gasteiger partial charge in [0.05, 0.1) is 0 Å². The van der Waals surface area contributed by atoms with E-state index in [0.29, 0.717) is 23.5 Å². The van der Waals surface area contributed by atoms with Gasteiger partial charge in [0.2, 0.25) is 5.91 Å². The van der Waals surface area contributed by atoms with Crippen LogP contribution < -0.4 is 5.32 Å². The van der Waals surface area contributed by atoms with Crippen LogP contribution in [0.4, 0.5) is 5.82 Å². The minimum absolute atomic E-state index is 0.125. The van der Waals surface area contributed by atoms with Gasteiger partial charge in [-0.1, -0.05) is 30.3 Å². The van der Waals surface area contributed by atoms with E-state index in [2.05, 4.69) is 20.3 Å². The van der Waals surface area contributed by atoms with Crippen LogP contribution in [0.3, 0.4) is 0 Å². The summed E-state index contributed by atoms with van der Waals surface area (Å²) in [5.74, 6) is 0.499. The molecule has 2 aromatic heterocycles. The molecule has 3 rings (SSSR count). The standard InChI is InChI=1S/C14H13N5O/c1-10(20)19-9-18-12-13(16-8-17-14(12)19)15-7-11-5-3-2-4-6-11/h2-6,8-9H,7H2,1H3,(H,15,16,17). The smallest absolute Gasteiger partial charge is 0.230 e. The van der Waals surface area contributed by atoms with Gasteiger partial charge in [-0.05, 0) is 5.56 Å². The Morgan fingerprint density at radius 3 is 2.75 bits per heavy atom. The van der Waals surface area contributed by atoms with Crippen LogP contribution in [0.5, 0.6) is 0 Å². The summed E-state index contributed by atoms with van der Waals surface area (Å²) in [5.41, 5.74) is 2.26. The average Bonchev–Trinajstić information content (AvgIpc) is 2.91. The highest BCUT2D eigenvalue weighted by Crippen LogP contribution is 2.17. The number of rotatable bonds is 3. The fraction of sp³-hybridized carbons (Fsp3) is 0.143. The number of carbonyl (C=O) groups excluding carboxylic acids is 1. The number of hydrogen-bond donors (Lipinski definition) is 1. The summed E-state index contributed by atoms with van der Waals surface area (Å²) in [6.45, 7) is 2.11. The molecular formula is C14H13N5O. The number of carbonyl (C=O) groups is 1. The van der Waals surface area contributed by atoms with Crippen molar-refractivity contribution in [3.8, 4) is 0 Å². The predicted octanol–water partition coefficient (Wildman–Crippen LogP) is 2.10. The average molecular weight is 267 g/mol. The monoisotopic (exact) mass is 267 g/mol. The lowest BCUT2D eigenvalue weighted by Gasteiger charge is -2.06. The van der Waals surface area contributed by atoms with Crippen molar-refractivity contribution in [1.29, 1.82) is 0 Å². The third-order valence-electron chi connectivity index (χ3n) is 2.98. The van der Waals surface area contributed by atoms with Gasteiger partial charge in [0.15, 0.2) is 17.0 Å². The van der Waals surface area contributed by atoms with Gasteiger partial charge in [0.25, 0.3) is 0 Å². The molecule has 1 N–H and O–H groups in total. The van der Waals surface area contributed by atoms with Gasteiger partial charge in [-0.15, -0.1) is 0 Å². The number of nitrogens with zero attached hydrogens (tertiary/aromatic N) is 4. The van der Waals surface area contributed by atoms with Crippen molar-refractivity contribution in [2.75, 3.05) is 5.32 Å². The second kappa shape index (κ2) is 5.08. The van der Waals surface area contributed by atoms with E-state index in [-0.39, 0.29) is 5.91 Å². The molecule has 6 nitrogen and oxygen atoms in total. The predicted molar refractivity (Wildman–Crippen MR) is 75.4 cm³/mol. The third kappa shape index (κ3) is 2.23. The van der Waals surface area contributed by atoms with Gasteiger partial charge in [-0.3, -0.25) is 9.36 Å². The van der Waals surface area contributed by atoms with Crippen molar-refractivity contribution < 1.29 is 4.79 Å². The van der Waals surface area contributed by atoms with Crippen molar-refractivity contribution in [3.05, 3.63) is 48.5 Å². The molecule has 0 atom stereocenters. The molecule has 0 fully saturated rings. The van der Waals surface area contributed by atoms with Gasteiger partial charge < -0.3 is 5.32 Å². The molecule has 0 bridgehead atoms. The summed E-state index contributed by atoms with van der Waals surface area (Å²) in [5, 5.41) is 3.22. The molecule has 1 aromatic carbocycles. The Morgan fingerprint density at radius 2 is 2.00 bits per heavy atom. The SMILES string of the molecule is CC(=O)n1cnc2c(NCc3ccccc3)ncnc21. The Bertz CT molecular complexity index is 751. The third-order valence-corrected chi connectivity index (χ3v) is 2.98. The quantitative estimate of drug-likeness (QED) is 0.786. The zero-order chi connectivity index (χ0) is 13.9. The molecule has 2 heterocycles. The first-order valence-corrected chi connectivity index (χ1v) is 6.22. The normalized spacial score (nSPS) is 10.7. The van der Waals surface area contributed by atoms with E-state index in [0.717, 1.165) is 5.56 Å². The van der Waals surface area contributed by atoms with Crippen LogP contribution in [0.25, 0.3) is 11.2 Å². The molecule has 3 aromatic rings. The summed E-state index contributed by atoms with van der Waals surface area (Å²) >= 11 is 0. The Balaban J connectivity index is 1.90. The van der Waals surface area contributed by atoms with Crippen molar-refractivity contribution in [2.24, 2.45) is 0 Å². The highest BCUT2D eigenvalue weighted by molar-refractivity contribution is 5.91.